The highest BCUT2D eigenvalue weighted by molar-refractivity contribution is 5.97. The van der Waals surface area contributed by atoms with E-state index in [1.807, 2.05) is 6.92 Å². The Morgan fingerprint density at radius 3 is 3.05 bits per heavy atom. The lowest BCUT2D eigenvalue weighted by molar-refractivity contribution is -0.134. The zero-order chi connectivity index (χ0) is 14.5. The quantitative estimate of drug-likeness (QED) is 0.693. The molecule has 1 fully saturated rings. The van der Waals surface area contributed by atoms with Crippen LogP contribution in [0.2, 0.25) is 0 Å². The van der Waals surface area contributed by atoms with Crippen molar-refractivity contribution in [3.63, 3.8) is 0 Å². The van der Waals surface area contributed by atoms with E-state index in [9.17, 15) is 14.4 Å². The lowest BCUT2D eigenvalue weighted by atomic mass is 10.1. The fourth-order valence-corrected chi connectivity index (χ4v) is 2.46. The lowest BCUT2D eigenvalue weighted by Gasteiger charge is -2.22. The van der Waals surface area contributed by atoms with E-state index >= 15 is 0 Å². The van der Waals surface area contributed by atoms with Crippen LogP contribution in [0.3, 0.4) is 0 Å². The summed E-state index contributed by atoms with van der Waals surface area (Å²) in [4.78, 5) is 36.3. The van der Waals surface area contributed by atoms with E-state index in [-0.39, 0.29) is 30.4 Å². The van der Waals surface area contributed by atoms with Gasteiger partial charge >= 0.3 is 0 Å². The van der Waals surface area contributed by atoms with E-state index in [1.165, 1.54) is 4.90 Å². The molecule has 2 amide bonds. The summed E-state index contributed by atoms with van der Waals surface area (Å²) in [6, 6.07) is -0.415. The summed E-state index contributed by atoms with van der Waals surface area (Å²) >= 11 is 0. The number of allylic oxidation sites excluding steroid dienone is 2. The maximum atomic E-state index is 12.0. The fraction of sp³-hybridized carbons (Fsp3) is 0.500. The van der Waals surface area contributed by atoms with E-state index in [4.69, 9.17) is 0 Å². The average Bonchev–Trinajstić information content (AvgIpc) is 2.93. The van der Waals surface area contributed by atoms with Crippen molar-refractivity contribution in [3.05, 3.63) is 23.9 Å². The van der Waals surface area contributed by atoms with E-state index in [2.05, 4.69) is 10.6 Å². The zero-order valence-electron chi connectivity index (χ0n) is 11.5. The predicted molar refractivity (Wildman–Crippen MR) is 73.6 cm³/mol. The number of dihydropyridines is 1. The molecule has 20 heavy (non-hydrogen) atoms. The van der Waals surface area contributed by atoms with Crippen LogP contribution in [0.15, 0.2) is 23.9 Å². The van der Waals surface area contributed by atoms with Gasteiger partial charge in [0, 0.05) is 12.1 Å². The van der Waals surface area contributed by atoms with Crippen LogP contribution in [-0.2, 0) is 14.4 Å². The Kier molecular flexibility index (Phi) is 4.55. The van der Waals surface area contributed by atoms with E-state index in [1.54, 1.807) is 18.4 Å². The number of carbonyl (C=O) groups is 3. The molecule has 2 aliphatic heterocycles. The van der Waals surface area contributed by atoms with Gasteiger partial charge < -0.3 is 20.3 Å². The minimum absolute atomic E-state index is 0.0725. The van der Waals surface area contributed by atoms with Gasteiger partial charge in [-0.1, -0.05) is 6.08 Å². The van der Waals surface area contributed by atoms with Gasteiger partial charge in [0.25, 0.3) is 0 Å². The maximum Gasteiger partial charge on any atom is 0.249 e. The Bertz CT molecular complexity index is 470. The van der Waals surface area contributed by atoms with Gasteiger partial charge in [0.1, 0.15) is 6.29 Å². The normalized spacial score (nSPS) is 24.9. The number of likely N-dealkylation sites (tertiary alicyclic amines) is 1. The molecule has 0 saturated carbocycles. The molecule has 2 rings (SSSR count). The Balaban J connectivity index is 1.87. The van der Waals surface area contributed by atoms with Crippen molar-refractivity contribution < 1.29 is 14.4 Å². The Hall–Kier alpha value is -2.11. The number of carbonyl (C=O) groups excluding carboxylic acids is 3. The second kappa shape index (κ2) is 6.36. The van der Waals surface area contributed by atoms with Crippen molar-refractivity contribution >= 4 is 18.1 Å². The topological polar surface area (TPSA) is 78.5 Å². The molecule has 6 nitrogen and oxygen atoms in total. The number of hydrogen-bond acceptors (Lipinski definition) is 4. The van der Waals surface area contributed by atoms with E-state index in [0.29, 0.717) is 18.5 Å². The summed E-state index contributed by atoms with van der Waals surface area (Å²) in [7, 11) is 0. The summed E-state index contributed by atoms with van der Waals surface area (Å²) in [6.45, 7) is 2.39. The summed E-state index contributed by atoms with van der Waals surface area (Å²) < 4.78 is 0. The third-order valence-corrected chi connectivity index (χ3v) is 3.62. The SMILES string of the molecule is CC1NC=CC=C1C(=O)NCC(=O)N1CCC[C@H]1C=O. The van der Waals surface area contributed by atoms with Crippen LogP contribution >= 0.6 is 0 Å². The third kappa shape index (κ3) is 3.07. The number of amides is 2. The molecule has 2 heterocycles. The van der Waals surface area contributed by atoms with Crippen molar-refractivity contribution in [1.82, 2.24) is 15.5 Å². The average molecular weight is 277 g/mol. The van der Waals surface area contributed by atoms with Crippen LogP contribution in [0.1, 0.15) is 19.8 Å². The molecular weight excluding hydrogens is 258 g/mol. The first-order chi connectivity index (χ1) is 9.63. The molecule has 108 valence electrons. The molecule has 0 aromatic carbocycles. The Morgan fingerprint density at radius 1 is 1.55 bits per heavy atom. The summed E-state index contributed by atoms with van der Waals surface area (Å²) in [5, 5.41) is 5.64. The van der Waals surface area contributed by atoms with Crippen LogP contribution in [-0.4, -0.2) is 48.2 Å². The Labute approximate surface area is 117 Å². The molecular formula is C14H19N3O3. The predicted octanol–water partition coefficient (Wildman–Crippen LogP) is -0.276. The van der Waals surface area contributed by atoms with Crippen LogP contribution in [0.25, 0.3) is 0 Å². The third-order valence-electron chi connectivity index (χ3n) is 3.62. The van der Waals surface area contributed by atoms with Crippen molar-refractivity contribution in [2.24, 2.45) is 0 Å². The maximum absolute atomic E-state index is 12.0. The van der Waals surface area contributed by atoms with Gasteiger partial charge in [-0.15, -0.1) is 0 Å². The minimum atomic E-state index is -0.336. The summed E-state index contributed by atoms with van der Waals surface area (Å²) in [5.74, 6) is -0.468. The van der Waals surface area contributed by atoms with Crippen LogP contribution in [0, 0.1) is 0 Å². The second-order valence-electron chi connectivity index (χ2n) is 4.98. The second-order valence-corrected chi connectivity index (χ2v) is 4.98. The fourth-order valence-electron chi connectivity index (χ4n) is 2.46. The van der Waals surface area contributed by atoms with Crippen LogP contribution in [0.4, 0.5) is 0 Å². The van der Waals surface area contributed by atoms with Crippen LogP contribution < -0.4 is 10.6 Å². The molecule has 2 N–H and O–H groups in total. The van der Waals surface area contributed by atoms with Crippen molar-refractivity contribution in [1.29, 1.82) is 0 Å². The zero-order valence-corrected chi connectivity index (χ0v) is 11.5. The first-order valence-electron chi connectivity index (χ1n) is 6.79. The number of nitrogens with one attached hydrogen (secondary N) is 2. The standard InChI is InChI=1S/C14H19N3O3/c1-10-12(5-2-6-15-10)14(20)16-8-13(19)17-7-3-4-11(17)9-18/h2,5-6,9-11,15H,3-4,7-8H2,1H3,(H,16,20)/t10?,11-/m0/s1. The molecule has 2 atom stereocenters. The molecule has 0 aromatic heterocycles. The van der Waals surface area contributed by atoms with Crippen LogP contribution in [0.5, 0.6) is 0 Å². The highest BCUT2D eigenvalue weighted by Gasteiger charge is 2.28. The molecule has 0 radical (unpaired) electrons. The summed E-state index contributed by atoms with van der Waals surface area (Å²) in [5.41, 5.74) is 0.591. The van der Waals surface area contributed by atoms with Gasteiger partial charge in [0.15, 0.2) is 0 Å². The van der Waals surface area contributed by atoms with Gasteiger partial charge in [-0.2, -0.15) is 0 Å². The largest absolute Gasteiger partial charge is 0.384 e. The Morgan fingerprint density at radius 2 is 2.35 bits per heavy atom. The van der Waals surface area contributed by atoms with Crippen molar-refractivity contribution in [2.45, 2.75) is 31.8 Å². The molecule has 0 aliphatic carbocycles. The van der Waals surface area contributed by atoms with E-state index in [0.717, 1.165) is 12.7 Å². The molecule has 1 saturated heterocycles. The van der Waals surface area contributed by atoms with Gasteiger partial charge in [-0.05, 0) is 32.0 Å². The number of nitrogens with zero attached hydrogens (tertiary/aromatic N) is 1. The van der Waals surface area contributed by atoms with E-state index < -0.39 is 0 Å². The smallest absolute Gasteiger partial charge is 0.249 e. The first-order valence-corrected chi connectivity index (χ1v) is 6.79. The molecule has 2 aliphatic rings. The summed E-state index contributed by atoms with van der Waals surface area (Å²) in [6.07, 6.45) is 7.59. The number of aldehydes is 1. The monoisotopic (exact) mass is 277 g/mol. The highest BCUT2D eigenvalue weighted by Crippen LogP contribution is 2.15. The van der Waals surface area contributed by atoms with Gasteiger partial charge in [-0.25, -0.2) is 0 Å². The van der Waals surface area contributed by atoms with Gasteiger partial charge in [0.05, 0.1) is 18.6 Å². The lowest BCUT2D eigenvalue weighted by Crippen LogP contribution is -2.44. The number of hydrogen-bond donors (Lipinski definition) is 2. The molecule has 0 spiro atoms. The van der Waals surface area contributed by atoms with Gasteiger partial charge in [0.2, 0.25) is 11.8 Å². The van der Waals surface area contributed by atoms with Crippen molar-refractivity contribution in [3.8, 4) is 0 Å². The minimum Gasteiger partial charge on any atom is -0.384 e. The highest BCUT2D eigenvalue weighted by atomic mass is 16.2. The first kappa shape index (κ1) is 14.3. The molecule has 1 unspecified atom stereocenters. The molecule has 0 aromatic rings. The van der Waals surface area contributed by atoms with Crippen molar-refractivity contribution in [2.75, 3.05) is 13.1 Å². The molecule has 0 bridgehead atoms. The van der Waals surface area contributed by atoms with Gasteiger partial charge in [-0.3, -0.25) is 9.59 Å². The number of rotatable bonds is 4. The molecule has 6 heteroatoms.